The molecule has 6 nitrogen and oxygen atoms in total. The van der Waals surface area contributed by atoms with E-state index in [1.807, 2.05) is 0 Å². The minimum atomic E-state index is -0.771. The number of carbonyl (C=O) groups excluding carboxylic acids is 2. The van der Waals surface area contributed by atoms with Gasteiger partial charge in [0.25, 0.3) is 0 Å². The molecule has 0 aliphatic carbocycles. The van der Waals surface area contributed by atoms with Crippen molar-refractivity contribution in [2.75, 3.05) is 46.0 Å². The Hall–Kier alpha value is -1.14. The van der Waals surface area contributed by atoms with Crippen LogP contribution < -0.4 is 5.32 Å². The molecular formula is C14H26N2O4. The van der Waals surface area contributed by atoms with Crippen molar-refractivity contribution in [3.63, 3.8) is 0 Å². The van der Waals surface area contributed by atoms with E-state index in [9.17, 15) is 9.59 Å². The summed E-state index contributed by atoms with van der Waals surface area (Å²) in [6, 6.07) is 0. The van der Waals surface area contributed by atoms with Crippen LogP contribution in [0, 0.1) is 0 Å². The molecule has 0 atom stereocenters. The summed E-state index contributed by atoms with van der Waals surface area (Å²) >= 11 is 0. The van der Waals surface area contributed by atoms with Gasteiger partial charge in [-0.25, -0.2) is 4.79 Å². The molecule has 1 fully saturated rings. The summed E-state index contributed by atoms with van der Waals surface area (Å²) in [5.41, 5.74) is 0. The van der Waals surface area contributed by atoms with Crippen molar-refractivity contribution in [2.45, 2.75) is 32.6 Å². The molecule has 0 radical (unpaired) electrons. The smallest absolute Gasteiger partial charge is 0.396 e. The summed E-state index contributed by atoms with van der Waals surface area (Å²) in [6.45, 7) is 7.24. The van der Waals surface area contributed by atoms with Crippen molar-refractivity contribution in [3.8, 4) is 0 Å². The zero-order valence-electron chi connectivity index (χ0n) is 12.4. The molecule has 1 N–H and O–H groups in total. The van der Waals surface area contributed by atoms with Gasteiger partial charge in [-0.05, 0) is 19.4 Å². The minimum Gasteiger partial charge on any atom is -0.459 e. The van der Waals surface area contributed by atoms with E-state index in [0.29, 0.717) is 13.2 Å². The fraction of sp³-hybridized carbons (Fsp3) is 0.857. The number of amides is 1. The number of morpholine rings is 1. The van der Waals surface area contributed by atoms with Crippen LogP contribution >= 0.6 is 0 Å². The summed E-state index contributed by atoms with van der Waals surface area (Å²) in [5, 5.41) is 2.59. The van der Waals surface area contributed by atoms with Crippen LogP contribution in [0.15, 0.2) is 0 Å². The molecule has 20 heavy (non-hydrogen) atoms. The predicted octanol–water partition coefficient (Wildman–Crippen LogP) is 0.558. The van der Waals surface area contributed by atoms with E-state index in [4.69, 9.17) is 9.47 Å². The van der Waals surface area contributed by atoms with Crippen LogP contribution in [-0.4, -0.2) is 62.8 Å². The molecule has 0 spiro atoms. The maximum absolute atomic E-state index is 11.4. The number of nitrogens with one attached hydrogen (secondary N) is 1. The van der Waals surface area contributed by atoms with Gasteiger partial charge in [-0.1, -0.05) is 19.8 Å². The highest BCUT2D eigenvalue weighted by Gasteiger charge is 2.14. The monoisotopic (exact) mass is 286 g/mol. The topological polar surface area (TPSA) is 67.9 Å². The highest BCUT2D eigenvalue weighted by molar-refractivity contribution is 6.32. The molecule has 0 aromatic rings. The lowest BCUT2D eigenvalue weighted by molar-refractivity contribution is -0.155. The van der Waals surface area contributed by atoms with E-state index in [2.05, 4.69) is 17.1 Å². The molecule has 0 aromatic carbocycles. The standard InChI is InChI=1S/C14H26N2O4/c1-2-3-4-10-20-14(18)13(17)15-6-5-7-16-8-11-19-12-9-16/h2-12H2,1H3,(H,15,17). The number of esters is 1. The summed E-state index contributed by atoms with van der Waals surface area (Å²) in [5.74, 6) is -1.41. The van der Waals surface area contributed by atoms with E-state index >= 15 is 0 Å². The molecule has 1 aliphatic heterocycles. The third-order valence-corrected chi connectivity index (χ3v) is 3.21. The Morgan fingerprint density at radius 3 is 2.65 bits per heavy atom. The molecule has 1 heterocycles. The fourth-order valence-electron chi connectivity index (χ4n) is 1.98. The van der Waals surface area contributed by atoms with Crippen molar-refractivity contribution >= 4 is 11.9 Å². The number of ether oxygens (including phenoxy) is 2. The molecule has 1 amide bonds. The zero-order valence-corrected chi connectivity index (χ0v) is 12.4. The fourth-order valence-corrected chi connectivity index (χ4v) is 1.98. The van der Waals surface area contributed by atoms with Gasteiger partial charge < -0.3 is 14.8 Å². The van der Waals surface area contributed by atoms with Crippen LogP contribution in [0.2, 0.25) is 0 Å². The van der Waals surface area contributed by atoms with Gasteiger partial charge in [-0.2, -0.15) is 0 Å². The van der Waals surface area contributed by atoms with Gasteiger partial charge >= 0.3 is 11.9 Å². The lowest BCUT2D eigenvalue weighted by Gasteiger charge is -2.26. The second-order valence-electron chi connectivity index (χ2n) is 4.91. The zero-order chi connectivity index (χ0) is 14.6. The van der Waals surface area contributed by atoms with Gasteiger partial charge in [0, 0.05) is 19.6 Å². The van der Waals surface area contributed by atoms with Gasteiger partial charge in [0.05, 0.1) is 19.8 Å². The van der Waals surface area contributed by atoms with Gasteiger partial charge in [0.2, 0.25) is 0 Å². The van der Waals surface area contributed by atoms with Crippen molar-refractivity contribution in [1.82, 2.24) is 10.2 Å². The highest BCUT2D eigenvalue weighted by Crippen LogP contribution is 1.97. The Balaban J connectivity index is 1.99. The third-order valence-electron chi connectivity index (χ3n) is 3.21. The molecule has 1 rings (SSSR count). The van der Waals surface area contributed by atoms with Gasteiger partial charge in [0.1, 0.15) is 0 Å². The molecule has 0 saturated carbocycles. The summed E-state index contributed by atoms with van der Waals surface area (Å²) in [6.07, 6.45) is 3.71. The van der Waals surface area contributed by atoms with E-state index in [0.717, 1.165) is 58.5 Å². The molecule has 6 heteroatoms. The lowest BCUT2D eigenvalue weighted by Crippen LogP contribution is -2.39. The van der Waals surface area contributed by atoms with E-state index < -0.39 is 11.9 Å². The summed E-state index contributed by atoms with van der Waals surface area (Å²) in [4.78, 5) is 25.1. The Labute approximate surface area is 120 Å². The van der Waals surface area contributed by atoms with Crippen LogP contribution in [0.5, 0.6) is 0 Å². The number of unbranched alkanes of at least 4 members (excludes halogenated alkanes) is 2. The quantitative estimate of drug-likeness (QED) is 0.401. The first-order valence-corrected chi connectivity index (χ1v) is 7.49. The molecule has 0 bridgehead atoms. The number of nitrogens with zero attached hydrogens (tertiary/aromatic N) is 1. The van der Waals surface area contributed by atoms with Crippen LogP contribution in [0.4, 0.5) is 0 Å². The second-order valence-corrected chi connectivity index (χ2v) is 4.91. The maximum atomic E-state index is 11.4. The lowest BCUT2D eigenvalue weighted by atomic mass is 10.3. The van der Waals surface area contributed by atoms with Crippen molar-refractivity contribution in [3.05, 3.63) is 0 Å². The summed E-state index contributed by atoms with van der Waals surface area (Å²) in [7, 11) is 0. The second kappa shape index (κ2) is 10.6. The van der Waals surface area contributed by atoms with Crippen molar-refractivity contribution < 1.29 is 19.1 Å². The SMILES string of the molecule is CCCCCOC(=O)C(=O)NCCCN1CCOCC1. The number of hydrogen-bond acceptors (Lipinski definition) is 5. The molecule has 1 saturated heterocycles. The van der Waals surface area contributed by atoms with E-state index in [1.54, 1.807) is 0 Å². The molecule has 0 unspecified atom stereocenters. The van der Waals surface area contributed by atoms with Crippen LogP contribution in [0.25, 0.3) is 0 Å². The molecule has 1 aliphatic rings. The molecular weight excluding hydrogens is 260 g/mol. The first-order chi connectivity index (χ1) is 9.74. The Morgan fingerprint density at radius 2 is 1.95 bits per heavy atom. The average molecular weight is 286 g/mol. The Kier molecular flexibility index (Phi) is 8.98. The highest BCUT2D eigenvalue weighted by atomic mass is 16.5. The maximum Gasteiger partial charge on any atom is 0.396 e. The van der Waals surface area contributed by atoms with Gasteiger partial charge in [-0.15, -0.1) is 0 Å². The van der Waals surface area contributed by atoms with Gasteiger partial charge in [0.15, 0.2) is 0 Å². The number of carbonyl (C=O) groups is 2. The van der Waals surface area contributed by atoms with Gasteiger partial charge in [-0.3, -0.25) is 9.69 Å². The van der Waals surface area contributed by atoms with Crippen LogP contribution in [-0.2, 0) is 19.1 Å². The number of rotatable bonds is 8. The molecule has 116 valence electrons. The predicted molar refractivity (Wildman–Crippen MR) is 75.4 cm³/mol. The first kappa shape index (κ1) is 16.9. The van der Waals surface area contributed by atoms with Crippen LogP contribution in [0.1, 0.15) is 32.6 Å². The first-order valence-electron chi connectivity index (χ1n) is 7.49. The molecule has 0 aromatic heterocycles. The minimum absolute atomic E-state index is 0.327. The Morgan fingerprint density at radius 1 is 1.20 bits per heavy atom. The number of hydrogen-bond donors (Lipinski definition) is 1. The van der Waals surface area contributed by atoms with Crippen molar-refractivity contribution in [2.24, 2.45) is 0 Å². The Bertz CT molecular complexity index is 291. The summed E-state index contributed by atoms with van der Waals surface area (Å²) < 4.78 is 10.1. The normalized spacial score (nSPS) is 15.8. The van der Waals surface area contributed by atoms with E-state index in [1.165, 1.54) is 0 Å². The third kappa shape index (κ3) is 7.45. The van der Waals surface area contributed by atoms with Crippen LogP contribution in [0.3, 0.4) is 0 Å². The largest absolute Gasteiger partial charge is 0.459 e. The van der Waals surface area contributed by atoms with E-state index in [-0.39, 0.29) is 0 Å². The van der Waals surface area contributed by atoms with Crippen molar-refractivity contribution in [1.29, 1.82) is 0 Å². The average Bonchev–Trinajstić information content (AvgIpc) is 2.48.